The monoisotopic (exact) mass is 247 g/mol. The number of nitrogens with one attached hydrogen (secondary N) is 1. The summed E-state index contributed by atoms with van der Waals surface area (Å²) in [6, 6.07) is 7.79. The maximum Gasteiger partial charge on any atom is 0.124 e. The summed E-state index contributed by atoms with van der Waals surface area (Å²) in [6.45, 7) is 2.07. The van der Waals surface area contributed by atoms with E-state index in [1.807, 2.05) is 24.3 Å². The number of furan rings is 1. The molecular weight excluding hydrogens is 230 g/mol. The Balaban J connectivity index is 2.17. The lowest BCUT2D eigenvalue weighted by Gasteiger charge is -2.15. The molecule has 2 rings (SSSR count). The molecule has 18 heavy (non-hydrogen) atoms. The molecule has 1 aromatic carbocycles. The molecule has 0 spiro atoms. The molecule has 4 nitrogen and oxygen atoms in total. The van der Waals surface area contributed by atoms with E-state index >= 15 is 0 Å². The molecule has 0 bridgehead atoms. The van der Waals surface area contributed by atoms with Crippen molar-refractivity contribution >= 4 is 5.69 Å². The Labute approximate surface area is 107 Å². The van der Waals surface area contributed by atoms with Crippen LogP contribution >= 0.6 is 0 Å². The van der Waals surface area contributed by atoms with Gasteiger partial charge in [-0.2, -0.15) is 0 Å². The van der Waals surface area contributed by atoms with Gasteiger partial charge >= 0.3 is 0 Å². The molecule has 0 radical (unpaired) electrons. The average Bonchev–Trinajstić information content (AvgIpc) is 2.92. The Morgan fingerprint density at radius 1 is 1.11 bits per heavy atom. The first kappa shape index (κ1) is 12.4. The van der Waals surface area contributed by atoms with E-state index in [1.165, 1.54) is 0 Å². The minimum atomic E-state index is 0.153. The van der Waals surface area contributed by atoms with E-state index in [9.17, 15) is 0 Å². The molecule has 2 aromatic rings. The van der Waals surface area contributed by atoms with Gasteiger partial charge in [-0.1, -0.05) is 0 Å². The predicted molar refractivity (Wildman–Crippen MR) is 70.3 cm³/mol. The Morgan fingerprint density at radius 3 is 2.28 bits per heavy atom. The van der Waals surface area contributed by atoms with Crippen molar-refractivity contribution in [3.63, 3.8) is 0 Å². The number of benzene rings is 1. The van der Waals surface area contributed by atoms with Crippen molar-refractivity contribution in [2.75, 3.05) is 19.5 Å². The SMILES string of the molecule is COc1cc(NC(C)c2ccoc2)cc(OC)c1. The van der Waals surface area contributed by atoms with Crippen LogP contribution in [0.2, 0.25) is 0 Å². The molecular formula is C14H17NO3. The normalized spacial score (nSPS) is 11.9. The zero-order valence-electron chi connectivity index (χ0n) is 10.8. The van der Waals surface area contributed by atoms with Crippen LogP contribution in [0.25, 0.3) is 0 Å². The summed E-state index contributed by atoms with van der Waals surface area (Å²) >= 11 is 0. The van der Waals surface area contributed by atoms with Crippen LogP contribution in [0.5, 0.6) is 11.5 Å². The van der Waals surface area contributed by atoms with Crippen molar-refractivity contribution in [1.29, 1.82) is 0 Å². The summed E-state index contributed by atoms with van der Waals surface area (Å²) in [5, 5.41) is 3.37. The smallest absolute Gasteiger partial charge is 0.124 e. The van der Waals surface area contributed by atoms with E-state index in [1.54, 1.807) is 26.7 Å². The van der Waals surface area contributed by atoms with Crippen LogP contribution in [-0.4, -0.2) is 14.2 Å². The van der Waals surface area contributed by atoms with Crippen molar-refractivity contribution < 1.29 is 13.9 Å². The first-order valence-corrected chi connectivity index (χ1v) is 5.74. The summed E-state index contributed by atoms with van der Waals surface area (Å²) in [5.74, 6) is 1.52. The Bertz CT molecular complexity index is 471. The third kappa shape index (κ3) is 2.77. The van der Waals surface area contributed by atoms with Gasteiger partial charge in [-0.3, -0.25) is 0 Å². The predicted octanol–water partition coefficient (Wildman–Crippen LogP) is 3.47. The zero-order chi connectivity index (χ0) is 13.0. The summed E-state index contributed by atoms with van der Waals surface area (Å²) in [6.07, 6.45) is 3.40. The number of hydrogen-bond donors (Lipinski definition) is 1. The lowest BCUT2D eigenvalue weighted by molar-refractivity contribution is 0.394. The highest BCUT2D eigenvalue weighted by atomic mass is 16.5. The molecule has 0 fully saturated rings. The van der Waals surface area contributed by atoms with Crippen LogP contribution in [0.1, 0.15) is 18.5 Å². The van der Waals surface area contributed by atoms with E-state index in [0.717, 1.165) is 22.7 Å². The number of ether oxygens (including phenoxy) is 2. The standard InChI is InChI=1S/C14H17NO3/c1-10(11-4-5-18-9-11)15-12-6-13(16-2)8-14(7-12)17-3/h4-10,15H,1-3H3. The molecule has 1 aromatic heterocycles. The maximum atomic E-state index is 5.23. The van der Waals surface area contributed by atoms with E-state index in [2.05, 4.69) is 12.2 Å². The molecule has 0 amide bonds. The topological polar surface area (TPSA) is 43.6 Å². The van der Waals surface area contributed by atoms with Gasteiger partial charge < -0.3 is 19.2 Å². The highest BCUT2D eigenvalue weighted by Gasteiger charge is 2.08. The Morgan fingerprint density at radius 2 is 1.78 bits per heavy atom. The molecule has 0 aliphatic carbocycles. The Hall–Kier alpha value is -2.10. The average molecular weight is 247 g/mol. The minimum absolute atomic E-state index is 0.153. The molecule has 0 aliphatic heterocycles. The molecule has 96 valence electrons. The van der Waals surface area contributed by atoms with Crippen molar-refractivity contribution in [1.82, 2.24) is 0 Å². The van der Waals surface area contributed by atoms with E-state index in [-0.39, 0.29) is 6.04 Å². The molecule has 1 atom stereocenters. The molecule has 0 aliphatic rings. The summed E-state index contributed by atoms with van der Waals surface area (Å²) in [5.41, 5.74) is 2.04. The quantitative estimate of drug-likeness (QED) is 0.878. The van der Waals surface area contributed by atoms with Gasteiger partial charge in [-0.25, -0.2) is 0 Å². The van der Waals surface area contributed by atoms with Gasteiger partial charge in [0.05, 0.1) is 32.8 Å². The minimum Gasteiger partial charge on any atom is -0.497 e. The van der Waals surface area contributed by atoms with Crippen LogP contribution in [0.4, 0.5) is 5.69 Å². The van der Waals surface area contributed by atoms with Crippen molar-refractivity contribution in [2.24, 2.45) is 0 Å². The molecule has 0 saturated heterocycles. The van der Waals surface area contributed by atoms with Gasteiger partial charge in [0.1, 0.15) is 11.5 Å². The van der Waals surface area contributed by atoms with E-state index in [0.29, 0.717) is 0 Å². The molecule has 0 saturated carbocycles. The van der Waals surface area contributed by atoms with Gasteiger partial charge in [0.2, 0.25) is 0 Å². The van der Waals surface area contributed by atoms with Crippen LogP contribution in [0, 0.1) is 0 Å². The maximum absolute atomic E-state index is 5.23. The highest BCUT2D eigenvalue weighted by Crippen LogP contribution is 2.28. The summed E-state index contributed by atoms with van der Waals surface area (Å²) in [7, 11) is 3.27. The number of methoxy groups -OCH3 is 2. The first-order valence-electron chi connectivity index (χ1n) is 5.74. The Kier molecular flexibility index (Phi) is 3.77. The summed E-state index contributed by atoms with van der Waals surface area (Å²) in [4.78, 5) is 0. The van der Waals surface area contributed by atoms with Gasteiger partial charge in [-0.15, -0.1) is 0 Å². The first-order chi connectivity index (χ1) is 8.72. The molecule has 1 N–H and O–H groups in total. The molecule has 1 unspecified atom stereocenters. The van der Waals surface area contributed by atoms with Crippen LogP contribution in [-0.2, 0) is 0 Å². The summed E-state index contributed by atoms with van der Waals surface area (Å²) < 4.78 is 15.5. The fourth-order valence-corrected chi connectivity index (χ4v) is 1.75. The van der Waals surface area contributed by atoms with Crippen LogP contribution < -0.4 is 14.8 Å². The van der Waals surface area contributed by atoms with Crippen molar-refractivity contribution in [3.8, 4) is 11.5 Å². The van der Waals surface area contributed by atoms with E-state index < -0.39 is 0 Å². The third-order valence-electron chi connectivity index (χ3n) is 2.78. The fraction of sp³-hybridized carbons (Fsp3) is 0.286. The second kappa shape index (κ2) is 5.49. The van der Waals surface area contributed by atoms with Gasteiger partial charge in [0.15, 0.2) is 0 Å². The van der Waals surface area contributed by atoms with Gasteiger partial charge in [0.25, 0.3) is 0 Å². The van der Waals surface area contributed by atoms with Crippen molar-refractivity contribution in [3.05, 3.63) is 42.4 Å². The third-order valence-corrected chi connectivity index (χ3v) is 2.78. The fourth-order valence-electron chi connectivity index (χ4n) is 1.75. The highest BCUT2D eigenvalue weighted by molar-refractivity contribution is 5.54. The largest absolute Gasteiger partial charge is 0.497 e. The molecule has 4 heteroatoms. The van der Waals surface area contributed by atoms with Crippen LogP contribution in [0.3, 0.4) is 0 Å². The molecule has 1 heterocycles. The number of rotatable bonds is 5. The lowest BCUT2D eigenvalue weighted by Crippen LogP contribution is -2.05. The number of hydrogen-bond acceptors (Lipinski definition) is 4. The van der Waals surface area contributed by atoms with Crippen LogP contribution in [0.15, 0.2) is 41.2 Å². The zero-order valence-corrected chi connectivity index (χ0v) is 10.8. The number of anilines is 1. The second-order valence-corrected chi connectivity index (χ2v) is 4.02. The van der Waals surface area contributed by atoms with E-state index in [4.69, 9.17) is 13.9 Å². The second-order valence-electron chi connectivity index (χ2n) is 4.02. The lowest BCUT2D eigenvalue weighted by atomic mass is 10.1. The van der Waals surface area contributed by atoms with Gasteiger partial charge in [-0.05, 0) is 13.0 Å². The van der Waals surface area contributed by atoms with Crippen molar-refractivity contribution in [2.45, 2.75) is 13.0 Å². The van der Waals surface area contributed by atoms with Gasteiger partial charge in [0, 0.05) is 29.4 Å².